The Balaban J connectivity index is 1.83. The van der Waals surface area contributed by atoms with Gasteiger partial charge in [-0.2, -0.15) is 0 Å². The summed E-state index contributed by atoms with van der Waals surface area (Å²) in [5.41, 5.74) is 1.54. The average molecular weight is 468 g/mol. The molecule has 152 valence electrons. The lowest BCUT2D eigenvalue weighted by Gasteiger charge is -2.14. The summed E-state index contributed by atoms with van der Waals surface area (Å²) >= 11 is 19.0. The molecule has 1 aliphatic heterocycles. The third kappa shape index (κ3) is 5.07. The van der Waals surface area contributed by atoms with E-state index in [-0.39, 0.29) is 12.5 Å². The van der Waals surface area contributed by atoms with Crippen LogP contribution in [0, 0.1) is 0 Å². The fourth-order valence-electron chi connectivity index (χ4n) is 2.75. The van der Waals surface area contributed by atoms with Crippen LogP contribution in [0.4, 0.5) is 0 Å². The number of likely N-dealkylation sites (N-methyl/N-ethyl adjacent to an activating group) is 1. The molecule has 1 amide bonds. The maximum atomic E-state index is 12.4. The minimum absolute atomic E-state index is 0.0749. The number of ether oxygens (including phenoxy) is 2. The highest BCUT2D eigenvalue weighted by Gasteiger charge is 2.30. The van der Waals surface area contributed by atoms with E-state index in [0.717, 1.165) is 5.56 Å². The number of nitrogens with zero attached hydrogens (tertiary/aromatic N) is 1. The lowest BCUT2D eigenvalue weighted by molar-refractivity contribution is -0.121. The molecule has 3 rings (SSSR count). The number of halogens is 2. The molecule has 0 unspecified atom stereocenters. The first-order valence-corrected chi connectivity index (χ1v) is 11.0. The molecule has 4 nitrogen and oxygen atoms in total. The van der Waals surface area contributed by atoms with Gasteiger partial charge in [0.05, 0.1) is 11.5 Å². The number of amides is 1. The number of carbonyl (C=O) groups excluding carboxylic acids is 1. The number of benzene rings is 2. The van der Waals surface area contributed by atoms with Crippen LogP contribution in [0.3, 0.4) is 0 Å². The van der Waals surface area contributed by atoms with Crippen molar-refractivity contribution in [1.29, 1.82) is 0 Å². The minimum Gasteiger partial charge on any atom is -0.490 e. The molecule has 0 atom stereocenters. The SMILES string of the molecule is CCOc1cc(C=C2SC(=S)N(CC)C2=O)ccc1OCc1c(Cl)cccc1Cl. The van der Waals surface area contributed by atoms with Gasteiger partial charge in [-0.25, -0.2) is 0 Å². The van der Waals surface area contributed by atoms with Gasteiger partial charge in [-0.15, -0.1) is 0 Å². The van der Waals surface area contributed by atoms with Crippen molar-refractivity contribution >= 4 is 63.5 Å². The van der Waals surface area contributed by atoms with Crippen molar-refractivity contribution in [3.8, 4) is 11.5 Å². The summed E-state index contributed by atoms with van der Waals surface area (Å²) in [5.74, 6) is 1.07. The first kappa shape index (κ1) is 22.0. The zero-order valence-electron chi connectivity index (χ0n) is 15.9. The molecule has 0 aromatic heterocycles. The molecular formula is C21H19Cl2NO3S2. The molecule has 29 heavy (non-hydrogen) atoms. The van der Waals surface area contributed by atoms with Crippen LogP contribution in [0.5, 0.6) is 11.5 Å². The minimum atomic E-state index is -0.0749. The van der Waals surface area contributed by atoms with Gasteiger partial charge in [0.15, 0.2) is 11.5 Å². The van der Waals surface area contributed by atoms with Crippen LogP contribution in [-0.4, -0.2) is 28.3 Å². The van der Waals surface area contributed by atoms with E-state index in [0.29, 0.717) is 49.5 Å². The lowest BCUT2D eigenvalue weighted by Crippen LogP contribution is -2.27. The standard InChI is InChI=1S/C21H19Cl2NO3S2/c1-3-24-20(25)19(29-21(24)28)11-13-8-9-17(18(10-13)26-4-2)27-12-14-15(22)6-5-7-16(14)23/h5-11H,3-4,12H2,1-2H3. The summed E-state index contributed by atoms with van der Waals surface area (Å²) in [6.07, 6.45) is 1.81. The maximum Gasteiger partial charge on any atom is 0.266 e. The van der Waals surface area contributed by atoms with Gasteiger partial charge in [0.25, 0.3) is 5.91 Å². The predicted octanol–water partition coefficient (Wildman–Crippen LogP) is 6.19. The number of thiocarbonyl (C=S) groups is 1. The van der Waals surface area contributed by atoms with Crippen molar-refractivity contribution in [2.24, 2.45) is 0 Å². The van der Waals surface area contributed by atoms with Gasteiger partial charge in [0.1, 0.15) is 10.9 Å². The number of rotatable bonds is 7. The van der Waals surface area contributed by atoms with Crippen LogP contribution in [0.1, 0.15) is 25.0 Å². The van der Waals surface area contributed by atoms with Gasteiger partial charge in [-0.1, -0.05) is 59.3 Å². The zero-order chi connectivity index (χ0) is 21.0. The summed E-state index contributed by atoms with van der Waals surface area (Å²) in [4.78, 5) is 14.6. The largest absolute Gasteiger partial charge is 0.490 e. The molecule has 0 aliphatic carbocycles. The van der Waals surface area contributed by atoms with E-state index in [4.69, 9.17) is 44.9 Å². The summed E-state index contributed by atoms with van der Waals surface area (Å²) < 4.78 is 12.2. The van der Waals surface area contributed by atoms with Crippen molar-refractivity contribution in [1.82, 2.24) is 4.90 Å². The van der Waals surface area contributed by atoms with Crippen LogP contribution in [0.25, 0.3) is 6.08 Å². The second-order valence-corrected chi connectivity index (χ2v) is 8.54. The number of hydrogen-bond donors (Lipinski definition) is 0. The maximum absolute atomic E-state index is 12.4. The third-order valence-corrected chi connectivity index (χ3v) is 6.27. The van der Waals surface area contributed by atoms with Crippen LogP contribution < -0.4 is 9.47 Å². The fraction of sp³-hybridized carbons (Fsp3) is 0.238. The van der Waals surface area contributed by atoms with Crippen molar-refractivity contribution < 1.29 is 14.3 Å². The Hall–Kier alpha value is -1.73. The van der Waals surface area contributed by atoms with Gasteiger partial charge >= 0.3 is 0 Å². The molecule has 8 heteroatoms. The highest BCUT2D eigenvalue weighted by Crippen LogP contribution is 2.35. The Kier molecular flexibility index (Phi) is 7.46. The van der Waals surface area contributed by atoms with E-state index >= 15 is 0 Å². The van der Waals surface area contributed by atoms with Crippen LogP contribution in [0.2, 0.25) is 10.0 Å². The van der Waals surface area contributed by atoms with Gasteiger partial charge in [-0.3, -0.25) is 9.69 Å². The predicted molar refractivity (Wildman–Crippen MR) is 124 cm³/mol. The second kappa shape index (κ2) is 9.85. The topological polar surface area (TPSA) is 38.8 Å². The average Bonchev–Trinajstić information content (AvgIpc) is 2.95. The summed E-state index contributed by atoms with van der Waals surface area (Å²) in [6.45, 7) is 5.05. The first-order chi connectivity index (χ1) is 13.9. The van der Waals surface area contributed by atoms with E-state index in [2.05, 4.69) is 0 Å². The molecule has 2 aromatic rings. The number of thioether (sulfide) groups is 1. The van der Waals surface area contributed by atoms with E-state index in [1.54, 1.807) is 23.1 Å². The molecule has 2 aromatic carbocycles. The van der Waals surface area contributed by atoms with Crippen LogP contribution in [-0.2, 0) is 11.4 Å². The Morgan fingerprint density at radius 3 is 2.45 bits per heavy atom. The van der Waals surface area contributed by atoms with Crippen molar-refractivity contribution in [2.75, 3.05) is 13.2 Å². The van der Waals surface area contributed by atoms with E-state index in [1.807, 2.05) is 38.1 Å². The Morgan fingerprint density at radius 1 is 1.10 bits per heavy atom. The molecule has 0 radical (unpaired) electrons. The molecule has 0 spiro atoms. The van der Waals surface area contributed by atoms with Crippen LogP contribution in [0.15, 0.2) is 41.3 Å². The van der Waals surface area contributed by atoms with Gasteiger partial charge in [-0.05, 0) is 49.8 Å². The normalized spacial score (nSPS) is 15.3. The van der Waals surface area contributed by atoms with E-state index in [9.17, 15) is 4.79 Å². The Morgan fingerprint density at radius 2 is 1.83 bits per heavy atom. The van der Waals surface area contributed by atoms with E-state index < -0.39 is 0 Å². The molecule has 1 heterocycles. The summed E-state index contributed by atoms with van der Waals surface area (Å²) in [6, 6.07) is 10.8. The summed E-state index contributed by atoms with van der Waals surface area (Å²) in [7, 11) is 0. The van der Waals surface area contributed by atoms with Crippen LogP contribution >= 0.6 is 47.2 Å². The highest BCUT2D eigenvalue weighted by atomic mass is 35.5. The van der Waals surface area contributed by atoms with Gasteiger partial charge in [0.2, 0.25) is 0 Å². The Labute approximate surface area is 189 Å². The molecule has 1 aliphatic rings. The van der Waals surface area contributed by atoms with Crippen molar-refractivity contribution in [2.45, 2.75) is 20.5 Å². The molecule has 1 fully saturated rings. The second-order valence-electron chi connectivity index (χ2n) is 6.05. The smallest absolute Gasteiger partial charge is 0.266 e. The summed E-state index contributed by atoms with van der Waals surface area (Å²) in [5, 5.41) is 1.09. The van der Waals surface area contributed by atoms with Gasteiger partial charge in [0, 0.05) is 22.2 Å². The first-order valence-electron chi connectivity index (χ1n) is 9.02. The molecule has 0 saturated carbocycles. The fourth-order valence-corrected chi connectivity index (χ4v) is 4.64. The van der Waals surface area contributed by atoms with Crippen molar-refractivity contribution in [3.05, 3.63) is 62.5 Å². The lowest BCUT2D eigenvalue weighted by atomic mass is 10.1. The Bertz CT molecular complexity index is 958. The highest BCUT2D eigenvalue weighted by molar-refractivity contribution is 8.26. The molecule has 1 saturated heterocycles. The molecular weight excluding hydrogens is 449 g/mol. The molecule has 0 N–H and O–H groups in total. The third-order valence-electron chi connectivity index (χ3n) is 4.19. The van der Waals surface area contributed by atoms with E-state index in [1.165, 1.54) is 11.8 Å². The van der Waals surface area contributed by atoms with Crippen molar-refractivity contribution in [3.63, 3.8) is 0 Å². The van der Waals surface area contributed by atoms with Gasteiger partial charge < -0.3 is 9.47 Å². The zero-order valence-corrected chi connectivity index (χ0v) is 19.1. The monoisotopic (exact) mass is 467 g/mol. The number of hydrogen-bond acceptors (Lipinski definition) is 5. The molecule has 0 bridgehead atoms. The quantitative estimate of drug-likeness (QED) is 0.358. The number of carbonyl (C=O) groups is 1.